The van der Waals surface area contributed by atoms with Crippen molar-refractivity contribution in [2.75, 3.05) is 13.1 Å². The number of hydroxylamine groups is 1. The minimum absolute atomic E-state index is 0.0232. The summed E-state index contributed by atoms with van der Waals surface area (Å²) < 4.78 is 15.3. The molecule has 0 aliphatic heterocycles. The summed E-state index contributed by atoms with van der Waals surface area (Å²) in [4.78, 5) is 29.8. The first-order chi connectivity index (χ1) is 15.5. The van der Waals surface area contributed by atoms with E-state index in [1.165, 1.54) is 12.1 Å². The van der Waals surface area contributed by atoms with E-state index >= 15 is 0 Å². The van der Waals surface area contributed by atoms with Crippen molar-refractivity contribution in [2.45, 2.75) is 39.8 Å². The van der Waals surface area contributed by atoms with E-state index in [0.29, 0.717) is 19.6 Å². The maximum Gasteiger partial charge on any atom is 0.293 e. The topological polar surface area (TPSA) is 87.5 Å². The third-order valence-electron chi connectivity index (χ3n) is 5.64. The molecule has 1 atom stereocenters. The van der Waals surface area contributed by atoms with Crippen molar-refractivity contribution in [3.8, 4) is 0 Å². The lowest BCUT2D eigenvalue weighted by Crippen LogP contribution is -2.29. The third-order valence-corrected chi connectivity index (χ3v) is 5.64. The van der Waals surface area contributed by atoms with Crippen molar-refractivity contribution in [3.05, 3.63) is 65.4 Å². The van der Waals surface area contributed by atoms with Crippen molar-refractivity contribution in [3.63, 3.8) is 0 Å². The van der Waals surface area contributed by atoms with E-state index in [0.717, 1.165) is 47.7 Å². The van der Waals surface area contributed by atoms with Crippen LogP contribution in [0.3, 0.4) is 0 Å². The number of halogens is 1. The maximum absolute atomic E-state index is 13.3. The highest BCUT2D eigenvalue weighted by atomic mass is 19.1. The Morgan fingerprint density at radius 1 is 1.31 bits per heavy atom. The van der Waals surface area contributed by atoms with E-state index in [2.05, 4.69) is 23.7 Å². The number of benzene rings is 1. The number of amides is 1. The maximum atomic E-state index is 13.3. The van der Waals surface area contributed by atoms with Crippen LogP contribution < -0.4 is 5.48 Å². The van der Waals surface area contributed by atoms with E-state index in [9.17, 15) is 14.0 Å². The zero-order chi connectivity index (χ0) is 23.1. The average molecular weight is 441 g/mol. The van der Waals surface area contributed by atoms with Gasteiger partial charge in [0.1, 0.15) is 17.8 Å². The molecule has 0 fully saturated rings. The lowest BCUT2D eigenvalue weighted by atomic mass is 10.0. The Morgan fingerprint density at radius 2 is 2.06 bits per heavy atom. The van der Waals surface area contributed by atoms with Gasteiger partial charge in [-0.05, 0) is 42.3 Å². The summed E-state index contributed by atoms with van der Waals surface area (Å²) in [5.41, 5.74) is 4.48. The number of aldehydes is 1. The Bertz CT molecular complexity index is 1070. The first-order valence-corrected chi connectivity index (χ1v) is 10.8. The van der Waals surface area contributed by atoms with Gasteiger partial charge in [0, 0.05) is 37.1 Å². The number of nitrogens with zero attached hydrogens (tertiary/aromatic N) is 3. The first-order valence-electron chi connectivity index (χ1n) is 10.8. The van der Waals surface area contributed by atoms with Crippen LogP contribution in [0.2, 0.25) is 0 Å². The van der Waals surface area contributed by atoms with Gasteiger partial charge in [0.25, 0.3) is 5.91 Å². The minimum atomic E-state index is -0.680. The third kappa shape index (κ3) is 5.57. The van der Waals surface area contributed by atoms with Gasteiger partial charge in [0.15, 0.2) is 0 Å². The molecule has 32 heavy (non-hydrogen) atoms. The van der Waals surface area contributed by atoms with Gasteiger partial charge in [0.2, 0.25) is 0 Å². The molecular formula is C24H29FN4O3. The molecule has 1 aromatic carbocycles. The minimum Gasteiger partial charge on any atom is -0.341 e. The largest absolute Gasteiger partial charge is 0.341 e. The number of carbonyl (C=O) groups is 2. The van der Waals surface area contributed by atoms with Gasteiger partial charge in [-0.1, -0.05) is 32.4 Å². The van der Waals surface area contributed by atoms with Gasteiger partial charge in [0.05, 0.1) is 11.7 Å². The van der Waals surface area contributed by atoms with Crippen LogP contribution in [0, 0.1) is 11.7 Å². The van der Waals surface area contributed by atoms with Crippen molar-refractivity contribution >= 4 is 23.1 Å². The molecule has 0 saturated carbocycles. The van der Waals surface area contributed by atoms with E-state index < -0.39 is 5.91 Å². The Morgan fingerprint density at radius 3 is 2.69 bits per heavy atom. The van der Waals surface area contributed by atoms with Crippen molar-refractivity contribution in [1.82, 2.24) is 19.9 Å². The van der Waals surface area contributed by atoms with Crippen molar-refractivity contribution in [2.24, 2.45) is 5.92 Å². The van der Waals surface area contributed by atoms with Crippen LogP contribution >= 0.6 is 0 Å². The fourth-order valence-electron chi connectivity index (χ4n) is 3.94. The summed E-state index contributed by atoms with van der Waals surface area (Å²) in [7, 11) is 0. The van der Waals surface area contributed by atoms with E-state index in [1.807, 2.05) is 10.8 Å². The van der Waals surface area contributed by atoms with Gasteiger partial charge < -0.3 is 9.36 Å². The second-order valence-corrected chi connectivity index (χ2v) is 7.95. The molecule has 3 aromatic rings. The number of rotatable bonds is 11. The summed E-state index contributed by atoms with van der Waals surface area (Å²) in [5, 5.41) is 9.84. The summed E-state index contributed by atoms with van der Waals surface area (Å²) in [6.07, 6.45) is 6.43. The fraction of sp³-hybridized carbons (Fsp3) is 0.375. The van der Waals surface area contributed by atoms with Crippen LogP contribution in [0.5, 0.6) is 0 Å². The number of nitrogens with one attached hydrogen (secondary N) is 1. The average Bonchev–Trinajstić information content (AvgIpc) is 3.15. The predicted molar refractivity (Wildman–Crippen MR) is 120 cm³/mol. The van der Waals surface area contributed by atoms with Crippen LogP contribution in [0.4, 0.5) is 4.39 Å². The van der Waals surface area contributed by atoms with E-state index in [-0.39, 0.29) is 17.4 Å². The second-order valence-electron chi connectivity index (χ2n) is 7.95. The van der Waals surface area contributed by atoms with Gasteiger partial charge >= 0.3 is 0 Å². The van der Waals surface area contributed by atoms with Gasteiger partial charge in [-0.15, -0.1) is 0 Å². The second kappa shape index (κ2) is 11.0. The number of hydrogen-bond acceptors (Lipinski definition) is 5. The molecule has 0 aliphatic carbocycles. The lowest BCUT2D eigenvalue weighted by molar-refractivity contribution is -0.111. The molecule has 0 saturated heterocycles. The van der Waals surface area contributed by atoms with Crippen LogP contribution in [0.15, 0.2) is 42.7 Å². The standard InChI is InChI=1S/C24H29FN4O3/c1-3-5-18(16-30)12-28(4-2)14-19-15-29(13-17-6-8-20(25)9-7-17)23-11-26-22(10-21(19)23)24(31)27-32/h6-11,15-16,18,32H,3-5,12-14H2,1-2H3,(H,27,31). The molecule has 1 unspecified atom stereocenters. The molecular weight excluding hydrogens is 411 g/mol. The SMILES string of the molecule is CCCC(C=O)CN(CC)Cc1cn(Cc2ccc(F)cc2)c2cnc(C(=O)NO)cc12. The number of carbonyl (C=O) groups excluding carboxylic acids is 2. The Kier molecular flexibility index (Phi) is 8.08. The summed E-state index contributed by atoms with van der Waals surface area (Å²) in [6, 6.07) is 7.99. The first kappa shape index (κ1) is 23.6. The molecule has 0 aliphatic rings. The quantitative estimate of drug-likeness (QED) is 0.269. The highest BCUT2D eigenvalue weighted by Gasteiger charge is 2.18. The highest BCUT2D eigenvalue weighted by Crippen LogP contribution is 2.25. The molecule has 7 nitrogen and oxygen atoms in total. The Balaban J connectivity index is 1.97. The zero-order valence-corrected chi connectivity index (χ0v) is 18.4. The van der Waals surface area contributed by atoms with Crippen molar-refractivity contribution < 1.29 is 19.2 Å². The number of hydrogen-bond donors (Lipinski definition) is 2. The smallest absolute Gasteiger partial charge is 0.293 e. The molecule has 8 heteroatoms. The van der Waals surface area contributed by atoms with Crippen LogP contribution in [-0.4, -0.2) is 44.9 Å². The van der Waals surface area contributed by atoms with Crippen LogP contribution in [0.1, 0.15) is 48.3 Å². The summed E-state index contributed by atoms with van der Waals surface area (Å²) in [6.45, 7) is 6.67. The number of aromatic nitrogens is 2. The number of pyridine rings is 1. The predicted octanol–water partition coefficient (Wildman–Crippen LogP) is 3.78. The van der Waals surface area contributed by atoms with Crippen LogP contribution in [0.25, 0.3) is 10.9 Å². The molecule has 0 bridgehead atoms. The fourth-order valence-corrected chi connectivity index (χ4v) is 3.94. The van der Waals surface area contributed by atoms with Gasteiger partial charge in [-0.2, -0.15) is 0 Å². The van der Waals surface area contributed by atoms with Gasteiger partial charge in [-0.25, -0.2) is 14.9 Å². The molecule has 0 spiro atoms. The zero-order valence-electron chi connectivity index (χ0n) is 18.4. The van der Waals surface area contributed by atoms with E-state index in [1.54, 1.807) is 29.9 Å². The molecule has 170 valence electrons. The molecule has 1 amide bonds. The normalized spacial score (nSPS) is 12.3. The van der Waals surface area contributed by atoms with Gasteiger partial charge in [-0.3, -0.25) is 14.9 Å². The summed E-state index contributed by atoms with van der Waals surface area (Å²) >= 11 is 0. The number of fused-ring (bicyclic) bond motifs is 1. The Hall–Kier alpha value is -3.10. The molecule has 2 heterocycles. The molecule has 2 aromatic heterocycles. The summed E-state index contributed by atoms with van der Waals surface area (Å²) in [5.74, 6) is -0.992. The molecule has 0 radical (unpaired) electrons. The highest BCUT2D eigenvalue weighted by molar-refractivity contribution is 5.96. The van der Waals surface area contributed by atoms with E-state index in [4.69, 9.17) is 5.21 Å². The Labute approximate surface area is 186 Å². The van der Waals surface area contributed by atoms with Crippen LogP contribution in [-0.2, 0) is 17.9 Å². The monoisotopic (exact) mass is 440 g/mol. The van der Waals surface area contributed by atoms with Crippen molar-refractivity contribution in [1.29, 1.82) is 0 Å². The molecule has 2 N–H and O–H groups in total. The lowest BCUT2D eigenvalue weighted by Gasteiger charge is -2.23. The molecule has 3 rings (SSSR count).